The van der Waals surface area contributed by atoms with Crippen molar-refractivity contribution in [3.05, 3.63) is 30.3 Å². The molecule has 0 saturated carbocycles. The van der Waals surface area contributed by atoms with E-state index in [2.05, 4.69) is 15.3 Å². The predicted molar refractivity (Wildman–Crippen MR) is 84.3 cm³/mol. The zero-order valence-corrected chi connectivity index (χ0v) is 12.2. The second-order valence-corrected chi connectivity index (χ2v) is 6.82. The largest absolute Gasteiger partial charge is 0.335 e. The molecule has 0 spiro atoms. The highest BCUT2D eigenvalue weighted by molar-refractivity contribution is 8.16. The summed E-state index contributed by atoms with van der Waals surface area (Å²) >= 11 is 3.12. The minimum absolute atomic E-state index is 0.142. The van der Waals surface area contributed by atoms with Gasteiger partial charge in [-0.25, -0.2) is 9.98 Å². The van der Waals surface area contributed by atoms with Crippen LogP contribution in [0.3, 0.4) is 0 Å². The molecule has 2 unspecified atom stereocenters. The van der Waals surface area contributed by atoms with E-state index >= 15 is 0 Å². The Morgan fingerprint density at radius 2 is 2.10 bits per heavy atom. The van der Waals surface area contributed by atoms with E-state index in [-0.39, 0.29) is 17.3 Å². The number of carbonyl (C=O) groups excluding carboxylic acids is 1. The molecular weight excluding hydrogens is 292 g/mol. The molecular formula is C13H12N4OS2. The van der Waals surface area contributed by atoms with Crippen molar-refractivity contribution in [3.8, 4) is 0 Å². The molecule has 4 rings (SSSR count). The fraction of sp³-hybridized carbons (Fsp3) is 0.308. The molecule has 3 heterocycles. The van der Waals surface area contributed by atoms with Gasteiger partial charge in [0.25, 0.3) is 0 Å². The molecule has 5 nitrogen and oxygen atoms in total. The van der Waals surface area contributed by atoms with Crippen LogP contribution in [-0.2, 0) is 4.79 Å². The summed E-state index contributed by atoms with van der Waals surface area (Å²) in [5.41, 5.74) is 0.979. The molecule has 1 aromatic carbocycles. The number of rotatable bonds is 1. The molecule has 0 radical (unpaired) electrons. The number of amides is 1. The van der Waals surface area contributed by atoms with Crippen LogP contribution < -0.4 is 5.32 Å². The number of anilines is 1. The van der Waals surface area contributed by atoms with E-state index in [4.69, 9.17) is 0 Å². The van der Waals surface area contributed by atoms with Gasteiger partial charge in [-0.15, -0.1) is 0 Å². The number of fused-ring (bicyclic) bond motifs is 2. The average molecular weight is 304 g/mol. The van der Waals surface area contributed by atoms with Gasteiger partial charge in [-0.3, -0.25) is 9.69 Å². The standard InChI is InChI=1S/C13H12N4OS2/c18-11-9-10(16-13-17(11)6-7-19-13)15-12(20-9)14-8-4-2-1-3-5-8/h1-5,9-10H,6-7H2,(H,14,15). The van der Waals surface area contributed by atoms with Crippen molar-refractivity contribution in [1.29, 1.82) is 0 Å². The van der Waals surface area contributed by atoms with Crippen molar-refractivity contribution in [2.75, 3.05) is 17.6 Å². The Hall–Kier alpha value is -1.47. The summed E-state index contributed by atoms with van der Waals surface area (Å²) in [4.78, 5) is 23.3. The van der Waals surface area contributed by atoms with E-state index in [0.717, 1.165) is 28.3 Å². The lowest BCUT2D eigenvalue weighted by Crippen LogP contribution is -2.46. The Bertz CT molecular complexity index is 616. The Morgan fingerprint density at radius 1 is 1.25 bits per heavy atom. The van der Waals surface area contributed by atoms with Gasteiger partial charge in [-0.2, -0.15) is 0 Å². The fourth-order valence-corrected chi connectivity index (χ4v) is 4.39. The quantitative estimate of drug-likeness (QED) is 0.860. The van der Waals surface area contributed by atoms with Crippen LogP contribution in [0.5, 0.6) is 0 Å². The van der Waals surface area contributed by atoms with E-state index in [1.807, 2.05) is 30.3 Å². The smallest absolute Gasteiger partial charge is 0.246 e. The van der Waals surface area contributed by atoms with E-state index in [1.165, 1.54) is 11.8 Å². The first-order chi connectivity index (χ1) is 9.81. The number of para-hydroxylation sites is 1. The van der Waals surface area contributed by atoms with Crippen molar-refractivity contribution in [1.82, 2.24) is 4.90 Å². The van der Waals surface area contributed by atoms with Gasteiger partial charge in [0.2, 0.25) is 5.91 Å². The lowest BCUT2D eigenvalue weighted by atomic mass is 10.2. The van der Waals surface area contributed by atoms with Crippen molar-refractivity contribution >= 4 is 45.5 Å². The molecule has 102 valence electrons. The zero-order valence-electron chi connectivity index (χ0n) is 10.5. The normalized spacial score (nSPS) is 27.8. The number of benzene rings is 1. The molecule has 1 amide bonds. The van der Waals surface area contributed by atoms with Gasteiger partial charge < -0.3 is 5.32 Å². The zero-order chi connectivity index (χ0) is 13.5. The summed E-state index contributed by atoms with van der Waals surface area (Å²) in [5.74, 6) is 1.08. The van der Waals surface area contributed by atoms with Crippen LogP contribution in [0, 0.1) is 0 Å². The molecule has 3 aliphatic heterocycles. The average Bonchev–Trinajstić information content (AvgIpc) is 3.07. The lowest BCUT2D eigenvalue weighted by Gasteiger charge is -2.26. The molecule has 0 aliphatic carbocycles. The highest BCUT2D eigenvalue weighted by Crippen LogP contribution is 2.36. The van der Waals surface area contributed by atoms with Crippen molar-refractivity contribution in [2.24, 2.45) is 9.98 Å². The van der Waals surface area contributed by atoms with Gasteiger partial charge >= 0.3 is 0 Å². The van der Waals surface area contributed by atoms with Gasteiger partial charge in [0, 0.05) is 18.0 Å². The van der Waals surface area contributed by atoms with Crippen LogP contribution in [0.15, 0.2) is 40.3 Å². The molecule has 7 heteroatoms. The maximum atomic E-state index is 12.4. The second kappa shape index (κ2) is 4.82. The second-order valence-electron chi connectivity index (χ2n) is 4.63. The molecule has 0 bridgehead atoms. The summed E-state index contributed by atoms with van der Waals surface area (Å²) in [6.07, 6.45) is -0.268. The van der Waals surface area contributed by atoms with Crippen molar-refractivity contribution in [2.45, 2.75) is 11.4 Å². The van der Waals surface area contributed by atoms with E-state index < -0.39 is 0 Å². The van der Waals surface area contributed by atoms with Crippen molar-refractivity contribution in [3.63, 3.8) is 0 Å². The number of hydrogen-bond donors (Lipinski definition) is 1. The first-order valence-electron chi connectivity index (χ1n) is 6.40. The molecule has 20 heavy (non-hydrogen) atoms. The minimum atomic E-state index is -0.268. The van der Waals surface area contributed by atoms with Crippen LogP contribution in [-0.4, -0.2) is 44.9 Å². The molecule has 2 atom stereocenters. The maximum absolute atomic E-state index is 12.4. The Balaban J connectivity index is 1.56. The minimum Gasteiger partial charge on any atom is -0.335 e. The summed E-state index contributed by atoms with van der Waals surface area (Å²) in [6.45, 7) is 0.771. The van der Waals surface area contributed by atoms with Gasteiger partial charge in [-0.1, -0.05) is 41.7 Å². The number of nitrogens with one attached hydrogen (secondary N) is 1. The highest BCUT2D eigenvalue weighted by Gasteiger charge is 2.45. The van der Waals surface area contributed by atoms with Gasteiger partial charge in [0.1, 0.15) is 5.25 Å². The number of nitrogens with zero attached hydrogens (tertiary/aromatic N) is 3. The topological polar surface area (TPSA) is 57.1 Å². The molecule has 1 fully saturated rings. The van der Waals surface area contributed by atoms with Crippen LogP contribution in [0.25, 0.3) is 0 Å². The summed E-state index contributed by atoms with van der Waals surface area (Å²) < 4.78 is 0. The number of thioether (sulfide) groups is 2. The molecule has 1 saturated heterocycles. The van der Waals surface area contributed by atoms with Crippen LogP contribution in [0.1, 0.15) is 0 Å². The molecule has 1 N–H and O–H groups in total. The maximum Gasteiger partial charge on any atom is 0.246 e. The highest BCUT2D eigenvalue weighted by atomic mass is 32.2. The number of carbonyl (C=O) groups is 1. The summed E-state index contributed by atoms with van der Waals surface area (Å²) in [6, 6.07) is 9.86. The predicted octanol–water partition coefficient (Wildman–Crippen LogP) is 1.84. The van der Waals surface area contributed by atoms with Crippen LogP contribution in [0.4, 0.5) is 5.69 Å². The molecule has 3 aliphatic rings. The number of hydrogen-bond acceptors (Lipinski definition) is 6. The number of aliphatic imine (C=N–C) groups is 2. The van der Waals surface area contributed by atoms with Crippen molar-refractivity contribution < 1.29 is 4.79 Å². The number of amidine groups is 2. The Morgan fingerprint density at radius 3 is 2.95 bits per heavy atom. The lowest BCUT2D eigenvalue weighted by molar-refractivity contribution is -0.127. The molecule has 0 aromatic heterocycles. The summed E-state index contributed by atoms with van der Waals surface area (Å²) in [5, 5.41) is 4.65. The van der Waals surface area contributed by atoms with E-state index in [0.29, 0.717) is 0 Å². The monoisotopic (exact) mass is 304 g/mol. The third-order valence-corrected chi connectivity index (χ3v) is 5.41. The SMILES string of the molecule is O=C1C2SC(Nc3ccccc3)=NC2N=C2SCCN12. The third-order valence-electron chi connectivity index (χ3n) is 3.31. The van der Waals surface area contributed by atoms with Gasteiger partial charge in [-0.05, 0) is 12.1 Å². The van der Waals surface area contributed by atoms with E-state index in [9.17, 15) is 4.79 Å². The Kier molecular flexibility index (Phi) is 2.96. The first kappa shape index (κ1) is 12.3. The molecule has 1 aromatic rings. The third kappa shape index (κ3) is 2.01. The van der Waals surface area contributed by atoms with E-state index in [1.54, 1.807) is 16.7 Å². The fourth-order valence-electron chi connectivity index (χ4n) is 2.36. The van der Waals surface area contributed by atoms with Crippen LogP contribution in [0.2, 0.25) is 0 Å². The van der Waals surface area contributed by atoms with Gasteiger partial charge in [0.05, 0.1) is 0 Å². The van der Waals surface area contributed by atoms with Gasteiger partial charge in [0.15, 0.2) is 16.5 Å². The van der Waals surface area contributed by atoms with Crippen LogP contribution >= 0.6 is 23.5 Å². The Labute approximate surface area is 124 Å². The summed E-state index contributed by atoms with van der Waals surface area (Å²) in [7, 11) is 0. The first-order valence-corrected chi connectivity index (χ1v) is 8.26.